The van der Waals surface area contributed by atoms with Crippen molar-refractivity contribution in [1.29, 1.82) is 0 Å². The molecule has 0 radical (unpaired) electrons. The molecular formula is C11H16N2O3. The quantitative estimate of drug-likeness (QED) is 0.508. The molecule has 1 aromatic carbocycles. The zero-order valence-corrected chi connectivity index (χ0v) is 9.05. The lowest BCUT2D eigenvalue weighted by Crippen LogP contribution is -2.39. The molecule has 0 amide bonds. The van der Waals surface area contributed by atoms with Crippen LogP contribution in [0.5, 0.6) is 0 Å². The number of carbonyl (C=O) groups is 1. The summed E-state index contributed by atoms with van der Waals surface area (Å²) in [4.78, 5) is 11.3. The molecule has 0 aliphatic carbocycles. The lowest BCUT2D eigenvalue weighted by atomic mass is 10.1. The van der Waals surface area contributed by atoms with E-state index in [-0.39, 0.29) is 6.54 Å². The van der Waals surface area contributed by atoms with Gasteiger partial charge in [-0.25, -0.2) is 5.43 Å². The number of aliphatic hydroxyl groups excluding tert-OH is 2. The number of rotatable bonds is 6. The Morgan fingerprint density at radius 1 is 1.31 bits per heavy atom. The van der Waals surface area contributed by atoms with Crippen molar-refractivity contribution in [2.45, 2.75) is 19.1 Å². The molecule has 16 heavy (non-hydrogen) atoms. The predicted molar refractivity (Wildman–Crippen MR) is 60.8 cm³/mol. The van der Waals surface area contributed by atoms with Crippen molar-refractivity contribution in [1.82, 2.24) is 5.43 Å². The average molecular weight is 224 g/mol. The maximum atomic E-state index is 11.3. The number of hydrazine groups is 1. The molecule has 2 atom stereocenters. The minimum absolute atomic E-state index is 0.0546. The van der Waals surface area contributed by atoms with Crippen molar-refractivity contribution in [2.75, 3.05) is 12.0 Å². The molecule has 1 aromatic rings. The fourth-order valence-corrected chi connectivity index (χ4v) is 1.13. The van der Waals surface area contributed by atoms with Gasteiger partial charge in [0, 0.05) is 5.69 Å². The first-order valence-corrected chi connectivity index (χ1v) is 5.04. The summed E-state index contributed by atoms with van der Waals surface area (Å²) in [5, 5.41) is 18.2. The van der Waals surface area contributed by atoms with Crippen LogP contribution in [-0.2, 0) is 4.79 Å². The third-order valence-electron chi connectivity index (χ3n) is 2.06. The summed E-state index contributed by atoms with van der Waals surface area (Å²) in [6.07, 6.45) is -2.39. The topological polar surface area (TPSA) is 81.6 Å². The number of ketones is 1. The highest BCUT2D eigenvalue weighted by atomic mass is 16.3. The Balaban J connectivity index is 2.28. The second kappa shape index (κ2) is 6.22. The number of Topliss-reactive ketones (excluding diaryl/α,β-unsaturated/α-hetero) is 1. The summed E-state index contributed by atoms with van der Waals surface area (Å²) in [6.45, 7) is 1.31. The van der Waals surface area contributed by atoms with Gasteiger partial charge >= 0.3 is 0 Å². The summed E-state index contributed by atoms with van der Waals surface area (Å²) in [6, 6.07) is 9.27. The van der Waals surface area contributed by atoms with Gasteiger partial charge in [-0.05, 0) is 19.1 Å². The van der Waals surface area contributed by atoms with Gasteiger partial charge in [0.25, 0.3) is 0 Å². The number of nitrogens with one attached hydrogen (secondary N) is 2. The smallest absolute Gasteiger partial charge is 0.179 e. The number of hydrogen-bond donors (Lipinski definition) is 4. The molecule has 5 nitrogen and oxygen atoms in total. The lowest BCUT2D eigenvalue weighted by Gasteiger charge is -2.13. The van der Waals surface area contributed by atoms with E-state index < -0.39 is 18.0 Å². The number of para-hydroxylation sites is 1. The van der Waals surface area contributed by atoms with Crippen LogP contribution in [0.25, 0.3) is 0 Å². The summed E-state index contributed by atoms with van der Waals surface area (Å²) in [7, 11) is 0. The number of anilines is 1. The summed E-state index contributed by atoms with van der Waals surface area (Å²) in [5.74, 6) is -0.460. The molecule has 0 fully saturated rings. The number of hydrogen-bond acceptors (Lipinski definition) is 5. The van der Waals surface area contributed by atoms with E-state index in [1.807, 2.05) is 30.3 Å². The van der Waals surface area contributed by atoms with Gasteiger partial charge in [0.2, 0.25) is 0 Å². The Hall–Kier alpha value is -1.43. The van der Waals surface area contributed by atoms with Crippen LogP contribution < -0.4 is 10.9 Å². The number of aliphatic hydroxyl groups is 2. The molecule has 0 saturated heterocycles. The van der Waals surface area contributed by atoms with E-state index in [9.17, 15) is 9.90 Å². The van der Waals surface area contributed by atoms with Crippen molar-refractivity contribution in [3.63, 3.8) is 0 Å². The molecule has 2 unspecified atom stereocenters. The van der Waals surface area contributed by atoms with E-state index >= 15 is 0 Å². The van der Waals surface area contributed by atoms with E-state index in [1.54, 1.807) is 0 Å². The molecule has 0 heterocycles. The Bertz CT molecular complexity index is 327. The molecule has 0 spiro atoms. The zero-order valence-electron chi connectivity index (χ0n) is 9.05. The lowest BCUT2D eigenvalue weighted by molar-refractivity contribution is -0.131. The van der Waals surface area contributed by atoms with E-state index in [1.165, 1.54) is 6.92 Å². The van der Waals surface area contributed by atoms with Gasteiger partial charge in [0.15, 0.2) is 5.78 Å². The molecule has 0 bridgehead atoms. The Morgan fingerprint density at radius 2 is 1.94 bits per heavy atom. The maximum absolute atomic E-state index is 11.3. The Morgan fingerprint density at radius 3 is 2.50 bits per heavy atom. The highest BCUT2D eigenvalue weighted by Crippen LogP contribution is 2.02. The molecule has 4 N–H and O–H groups in total. The zero-order chi connectivity index (χ0) is 12.0. The molecule has 0 aromatic heterocycles. The van der Waals surface area contributed by atoms with Crippen molar-refractivity contribution in [2.24, 2.45) is 0 Å². The largest absolute Gasteiger partial charge is 0.390 e. The third kappa shape index (κ3) is 3.98. The van der Waals surface area contributed by atoms with Gasteiger partial charge in [-0.2, -0.15) is 0 Å². The van der Waals surface area contributed by atoms with Gasteiger partial charge in [0.1, 0.15) is 6.10 Å². The highest BCUT2D eigenvalue weighted by Gasteiger charge is 2.19. The van der Waals surface area contributed by atoms with Crippen LogP contribution in [-0.4, -0.2) is 34.7 Å². The van der Waals surface area contributed by atoms with E-state index in [4.69, 9.17) is 5.11 Å². The molecule has 0 aliphatic heterocycles. The normalized spacial score (nSPS) is 14.2. The number of carbonyl (C=O) groups excluding carboxylic acids is 1. The average Bonchev–Trinajstić information content (AvgIpc) is 2.29. The molecule has 0 saturated carbocycles. The van der Waals surface area contributed by atoms with Crippen LogP contribution in [0.15, 0.2) is 30.3 Å². The van der Waals surface area contributed by atoms with E-state index in [0.717, 1.165) is 5.69 Å². The van der Waals surface area contributed by atoms with Gasteiger partial charge in [-0.3, -0.25) is 4.79 Å². The second-order valence-corrected chi connectivity index (χ2v) is 3.50. The van der Waals surface area contributed by atoms with Gasteiger partial charge in [0.05, 0.1) is 12.6 Å². The molecule has 88 valence electrons. The molecule has 1 rings (SSSR count). The van der Waals surface area contributed by atoms with Crippen LogP contribution in [0.3, 0.4) is 0 Å². The first-order chi connectivity index (χ1) is 7.61. The van der Waals surface area contributed by atoms with Crippen LogP contribution in [0.2, 0.25) is 0 Å². The molecule has 5 heteroatoms. The molecule has 0 aliphatic rings. The Labute approximate surface area is 94.1 Å². The van der Waals surface area contributed by atoms with E-state index in [2.05, 4.69) is 10.9 Å². The second-order valence-electron chi connectivity index (χ2n) is 3.50. The number of benzene rings is 1. The fourth-order valence-electron chi connectivity index (χ4n) is 1.13. The van der Waals surface area contributed by atoms with Crippen molar-refractivity contribution >= 4 is 11.5 Å². The SMILES string of the molecule is CC(O)C(O)C(=O)CNNc1ccccc1. The van der Waals surface area contributed by atoms with Gasteiger partial charge in [-0.1, -0.05) is 18.2 Å². The van der Waals surface area contributed by atoms with Gasteiger partial charge in [-0.15, -0.1) is 0 Å². The first-order valence-electron chi connectivity index (χ1n) is 5.04. The van der Waals surface area contributed by atoms with Gasteiger partial charge < -0.3 is 15.6 Å². The van der Waals surface area contributed by atoms with Crippen molar-refractivity contribution < 1.29 is 15.0 Å². The minimum Gasteiger partial charge on any atom is -0.390 e. The summed E-state index contributed by atoms with van der Waals surface area (Å²) < 4.78 is 0. The summed E-state index contributed by atoms with van der Waals surface area (Å²) >= 11 is 0. The highest BCUT2D eigenvalue weighted by molar-refractivity contribution is 5.85. The Kier molecular flexibility index (Phi) is 4.91. The predicted octanol–water partition coefficient (Wildman–Crippen LogP) is -0.0861. The van der Waals surface area contributed by atoms with Crippen LogP contribution in [0.4, 0.5) is 5.69 Å². The van der Waals surface area contributed by atoms with Crippen LogP contribution in [0.1, 0.15) is 6.92 Å². The fraction of sp³-hybridized carbons (Fsp3) is 0.364. The standard InChI is InChI=1S/C11H16N2O3/c1-8(14)11(16)10(15)7-12-13-9-5-3-2-4-6-9/h2-6,8,11-14,16H,7H2,1H3. The first kappa shape index (κ1) is 12.6. The van der Waals surface area contributed by atoms with Crippen LogP contribution in [0, 0.1) is 0 Å². The van der Waals surface area contributed by atoms with Crippen molar-refractivity contribution in [3.05, 3.63) is 30.3 Å². The molecular weight excluding hydrogens is 208 g/mol. The van der Waals surface area contributed by atoms with Crippen molar-refractivity contribution in [3.8, 4) is 0 Å². The minimum atomic E-state index is -1.34. The van der Waals surface area contributed by atoms with E-state index in [0.29, 0.717) is 0 Å². The monoisotopic (exact) mass is 224 g/mol. The maximum Gasteiger partial charge on any atom is 0.179 e. The third-order valence-corrected chi connectivity index (χ3v) is 2.06. The van der Waals surface area contributed by atoms with Crippen LogP contribution >= 0.6 is 0 Å². The summed E-state index contributed by atoms with van der Waals surface area (Å²) in [5.41, 5.74) is 6.29.